The maximum atomic E-state index is 13.0. The van der Waals surface area contributed by atoms with Gasteiger partial charge in [0.1, 0.15) is 11.4 Å². The van der Waals surface area contributed by atoms with E-state index in [1.165, 1.54) is 30.5 Å². The Morgan fingerprint density at radius 2 is 2.00 bits per heavy atom. The van der Waals surface area contributed by atoms with Crippen LogP contribution in [0.25, 0.3) is 11.3 Å². The van der Waals surface area contributed by atoms with E-state index in [0.29, 0.717) is 23.4 Å². The lowest BCUT2D eigenvalue weighted by molar-refractivity contribution is 0.0951. The first-order valence-corrected chi connectivity index (χ1v) is 6.62. The van der Waals surface area contributed by atoms with Crippen LogP contribution in [0.5, 0.6) is 0 Å². The van der Waals surface area contributed by atoms with Crippen molar-refractivity contribution in [3.8, 4) is 11.3 Å². The molecule has 2 aromatic heterocycles. The van der Waals surface area contributed by atoms with Crippen LogP contribution >= 0.6 is 0 Å². The summed E-state index contributed by atoms with van der Waals surface area (Å²) < 4.78 is 18.1. The van der Waals surface area contributed by atoms with Crippen LogP contribution in [0.4, 0.5) is 4.39 Å². The zero-order valence-corrected chi connectivity index (χ0v) is 11.5. The first-order chi connectivity index (χ1) is 10.7. The number of halogens is 1. The highest BCUT2D eigenvalue weighted by molar-refractivity contribution is 5.99. The zero-order chi connectivity index (χ0) is 15.4. The quantitative estimate of drug-likeness (QED) is 0.804. The minimum absolute atomic E-state index is 0.301. The van der Waals surface area contributed by atoms with Crippen molar-refractivity contribution >= 4 is 5.91 Å². The summed E-state index contributed by atoms with van der Waals surface area (Å²) in [7, 11) is 0. The highest BCUT2D eigenvalue weighted by Crippen LogP contribution is 2.23. The fourth-order valence-corrected chi connectivity index (χ4v) is 1.99. The first kappa shape index (κ1) is 13.9. The Morgan fingerprint density at radius 3 is 2.73 bits per heavy atom. The van der Waals surface area contributed by atoms with Gasteiger partial charge < -0.3 is 9.84 Å². The standard InChI is InChI=1S/C16H12FN3O2/c17-13-5-3-12(4-6-13)15-14(10-20-22-15)16(21)19-9-11-2-1-7-18-8-11/h1-8,10H,9H2,(H,19,21). The Labute approximate surface area is 125 Å². The molecule has 110 valence electrons. The van der Waals surface area contributed by atoms with E-state index in [0.717, 1.165) is 5.56 Å². The molecule has 0 aliphatic carbocycles. The molecule has 0 fully saturated rings. The highest BCUT2D eigenvalue weighted by Gasteiger charge is 2.17. The molecule has 0 aliphatic rings. The van der Waals surface area contributed by atoms with E-state index < -0.39 is 0 Å². The molecule has 0 saturated carbocycles. The summed E-state index contributed by atoms with van der Waals surface area (Å²) in [6.07, 6.45) is 4.68. The molecule has 2 heterocycles. The number of nitrogens with zero attached hydrogens (tertiary/aromatic N) is 2. The lowest BCUT2D eigenvalue weighted by atomic mass is 10.1. The normalized spacial score (nSPS) is 10.4. The van der Waals surface area contributed by atoms with Crippen molar-refractivity contribution in [3.05, 3.63) is 71.9 Å². The number of rotatable bonds is 4. The van der Waals surface area contributed by atoms with Gasteiger partial charge in [0, 0.05) is 24.5 Å². The van der Waals surface area contributed by atoms with Crippen molar-refractivity contribution in [1.82, 2.24) is 15.5 Å². The van der Waals surface area contributed by atoms with Gasteiger partial charge in [-0.25, -0.2) is 4.39 Å². The van der Waals surface area contributed by atoms with Crippen molar-refractivity contribution in [2.24, 2.45) is 0 Å². The summed E-state index contributed by atoms with van der Waals surface area (Å²) in [6, 6.07) is 9.33. The third-order valence-electron chi connectivity index (χ3n) is 3.10. The van der Waals surface area contributed by atoms with Crippen LogP contribution in [0.3, 0.4) is 0 Å². The Balaban J connectivity index is 1.76. The average Bonchev–Trinajstić information content (AvgIpc) is 3.04. The molecule has 1 amide bonds. The van der Waals surface area contributed by atoms with Crippen LogP contribution in [0, 0.1) is 5.82 Å². The molecule has 5 nitrogen and oxygen atoms in total. The molecule has 3 aromatic rings. The summed E-state index contributed by atoms with van der Waals surface area (Å²) in [5, 5.41) is 6.42. The second-order valence-electron chi connectivity index (χ2n) is 4.62. The second kappa shape index (κ2) is 6.17. The third-order valence-corrected chi connectivity index (χ3v) is 3.10. The monoisotopic (exact) mass is 297 g/mol. The molecule has 1 aromatic carbocycles. The van der Waals surface area contributed by atoms with Gasteiger partial charge >= 0.3 is 0 Å². The van der Waals surface area contributed by atoms with Crippen molar-refractivity contribution in [2.75, 3.05) is 0 Å². The molecule has 0 aliphatic heterocycles. The van der Waals surface area contributed by atoms with Crippen LogP contribution in [0.2, 0.25) is 0 Å². The fourth-order valence-electron chi connectivity index (χ4n) is 1.99. The summed E-state index contributed by atoms with van der Waals surface area (Å²) in [5.74, 6) is -0.362. The van der Waals surface area contributed by atoms with E-state index >= 15 is 0 Å². The Bertz CT molecular complexity index is 770. The van der Waals surface area contributed by atoms with Crippen LogP contribution in [0.1, 0.15) is 15.9 Å². The second-order valence-corrected chi connectivity index (χ2v) is 4.62. The summed E-state index contributed by atoms with van der Waals surface area (Å²) in [5.41, 5.74) is 1.77. The smallest absolute Gasteiger partial charge is 0.257 e. The Hall–Kier alpha value is -3.02. The van der Waals surface area contributed by atoms with E-state index in [4.69, 9.17) is 4.52 Å². The van der Waals surface area contributed by atoms with E-state index in [1.807, 2.05) is 6.07 Å². The summed E-state index contributed by atoms with van der Waals surface area (Å²) in [6.45, 7) is 0.348. The number of pyridine rings is 1. The van der Waals surface area contributed by atoms with Crippen LogP contribution in [-0.2, 0) is 6.54 Å². The fraction of sp³-hybridized carbons (Fsp3) is 0.0625. The predicted octanol–water partition coefficient (Wildman–Crippen LogP) is 2.81. The number of nitrogens with one attached hydrogen (secondary N) is 1. The van der Waals surface area contributed by atoms with Gasteiger partial charge in [0.2, 0.25) is 0 Å². The van der Waals surface area contributed by atoms with Crippen molar-refractivity contribution in [3.63, 3.8) is 0 Å². The van der Waals surface area contributed by atoms with Gasteiger partial charge in [-0.15, -0.1) is 0 Å². The molecule has 0 unspecified atom stereocenters. The number of hydrogen-bond donors (Lipinski definition) is 1. The molecule has 0 atom stereocenters. The molecule has 0 saturated heterocycles. The zero-order valence-electron chi connectivity index (χ0n) is 11.5. The van der Waals surface area contributed by atoms with E-state index in [2.05, 4.69) is 15.5 Å². The van der Waals surface area contributed by atoms with Crippen molar-refractivity contribution in [2.45, 2.75) is 6.54 Å². The minimum atomic E-state index is -0.356. The highest BCUT2D eigenvalue weighted by atomic mass is 19.1. The van der Waals surface area contributed by atoms with E-state index in [9.17, 15) is 9.18 Å². The van der Waals surface area contributed by atoms with Gasteiger partial charge in [-0.05, 0) is 35.9 Å². The lowest BCUT2D eigenvalue weighted by Crippen LogP contribution is -2.22. The van der Waals surface area contributed by atoms with Gasteiger partial charge in [0.25, 0.3) is 5.91 Å². The number of hydrogen-bond acceptors (Lipinski definition) is 4. The van der Waals surface area contributed by atoms with Gasteiger partial charge in [-0.2, -0.15) is 0 Å². The lowest BCUT2D eigenvalue weighted by Gasteiger charge is -2.04. The first-order valence-electron chi connectivity index (χ1n) is 6.62. The van der Waals surface area contributed by atoms with E-state index in [1.54, 1.807) is 18.5 Å². The maximum Gasteiger partial charge on any atom is 0.257 e. The molecule has 0 spiro atoms. The Morgan fingerprint density at radius 1 is 1.18 bits per heavy atom. The maximum absolute atomic E-state index is 13.0. The number of amides is 1. The van der Waals surface area contributed by atoms with Crippen LogP contribution in [0.15, 0.2) is 59.5 Å². The SMILES string of the molecule is O=C(NCc1cccnc1)c1cnoc1-c1ccc(F)cc1. The number of aromatic nitrogens is 2. The largest absolute Gasteiger partial charge is 0.355 e. The number of carbonyl (C=O) groups is 1. The Kier molecular flexibility index (Phi) is 3.91. The molecule has 6 heteroatoms. The number of benzene rings is 1. The minimum Gasteiger partial charge on any atom is -0.355 e. The van der Waals surface area contributed by atoms with Crippen molar-refractivity contribution < 1.29 is 13.7 Å². The van der Waals surface area contributed by atoms with E-state index in [-0.39, 0.29) is 11.7 Å². The van der Waals surface area contributed by atoms with Gasteiger partial charge in [-0.3, -0.25) is 9.78 Å². The molecule has 0 bridgehead atoms. The predicted molar refractivity (Wildman–Crippen MR) is 77.3 cm³/mol. The molecule has 3 rings (SSSR count). The number of carbonyl (C=O) groups excluding carboxylic acids is 1. The molecule has 22 heavy (non-hydrogen) atoms. The molecule has 1 N–H and O–H groups in total. The molecular formula is C16H12FN3O2. The van der Waals surface area contributed by atoms with Crippen LogP contribution in [-0.4, -0.2) is 16.0 Å². The average molecular weight is 297 g/mol. The van der Waals surface area contributed by atoms with Crippen molar-refractivity contribution in [1.29, 1.82) is 0 Å². The van der Waals surface area contributed by atoms with Gasteiger partial charge in [0.05, 0.1) is 6.20 Å². The molecule has 0 radical (unpaired) electrons. The van der Waals surface area contributed by atoms with Gasteiger partial charge in [-0.1, -0.05) is 11.2 Å². The third kappa shape index (κ3) is 3.01. The van der Waals surface area contributed by atoms with Crippen LogP contribution < -0.4 is 5.32 Å². The van der Waals surface area contributed by atoms with Gasteiger partial charge in [0.15, 0.2) is 5.76 Å². The molecular weight excluding hydrogens is 285 g/mol. The topological polar surface area (TPSA) is 68.0 Å². The summed E-state index contributed by atoms with van der Waals surface area (Å²) in [4.78, 5) is 16.2. The summed E-state index contributed by atoms with van der Waals surface area (Å²) >= 11 is 0.